The molecule has 111 valence electrons. The molecule has 1 aromatic rings. The first-order valence-electron chi connectivity index (χ1n) is 6.06. The van der Waals surface area contributed by atoms with Crippen molar-refractivity contribution < 1.29 is 20.2 Å². The molecule has 1 aromatic carbocycles. The number of nitrogen functional groups attached to an aromatic ring is 1. The van der Waals surface area contributed by atoms with Crippen molar-refractivity contribution in [1.82, 2.24) is 0 Å². The van der Waals surface area contributed by atoms with Crippen molar-refractivity contribution in [3.05, 3.63) is 33.7 Å². The van der Waals surface area contributed by atoms with E-state index < -0.39 is 4.92 Å². The van der Waals surface area contributed by atoms with Crippen molar-refractivity contribution in [2.24, 2.45) is 0 Å². The number of hydrogen-bond donors (Lipinski definition) is 5. The van der Waals surface area contributed by atoms with Crippen molar-refractivity contribution in [2.75, 3.05) is 37.4 Å². The summed E-state index contributed by atoms with van der Waals surface area (Å²) >= 11 is 0. The third kappa shape index (κ3) is 3.56. The summed E-state index contributed by atoms with van der Waals surface area (Å²) in [5.74, 6) is 0. The van der Waals surface area contributed by atoms with Crippen LogP contribution >= 0.6 is 0 Å². The van der Waals surface area contributed by atoms with E-state index in [-0.39, 0.29) is 49.8 Å². The molecule has 0 spiro atoms. The smallest absolute Gasteiger partial charge is 0.297 e. The number of nitrogens with one attached hydrogen (secondary N) is 1. The zero-order valence-electron chi connectivity index (χ0n) is 10.9. The van der Waals surface area contributed by atoms with Crippen molar-refractivity contribution in [2.45, 2.75) is 6.42 Å². The van der Waals surface area contributed by atoms with Crippen molar-refractivity contribution in [3.63, 3.8) is 0 Å². The maximum atomic E-state index is 11.2. The Bertz CT molecular complexity index is 479. The van der Waals surface area contributed by atoms with Crippen LogP contribution in [0.3, 0.4) is 0 Å². The first-order valence-corrected chi connectivity index (χ1v) is 6.06. The fraction of sp³-hybridized carbons (Fsp3) is 0.417. The van der Waals surface area contributed by atoms with Crippen LogP contribution in [0.4, 0.5) is 17.1 Å². The van der Waals surface area contributed by atoms with Gasteiger partial charge in [-0.15, -0.1) is 0 Å². The molecule has 8 nitrogen and oxygen atoms in total. The average Bonchev–Trinajstić information content (AvgIpc) is 2.40. The van der Waals surface area contributed by atoms with Crippen LogP contribution in [-0.2, 0) is 6.42 Å². The number of aliphatic hydroxyl groups is 3. The molecule has 0 saturated heterocycles. The quantitative estimate of drug-likeness (QED) is 0.250. The molecule has 1 rings (SSSR count). The summed E-state index contributed by atoms with van der Waals surface area (Å²) in [6.07, 6.45) is 1.51. The predicted molar refractivity (Wildman–Crippen MR) is 74.4 cm³/mol. The van der Waals surface area contributed by atoms with Crippen LogP contribution in [0, 0.1) is 16.5 Å². The molecule has 1 radical (unpaired) electrons. The minimum atomic E-state index is -0.580. The van der Waals surface area contributed by atoms with Crippen LogP contribution in [0.25, 0.3) is 0 Å². The summed E-state index contributed by atoms with van der Waals surface area (Å²) in [6.45, 7) is -0.616. The number of hydrogen-bond acceptors (Lipinski definition) is 7. The molecule has 0 aliphatic heterocycles. The fourth-order valence-corrected chi connectivity index (χ4v) is 1.91. The Balaban J connectivity index is 3.42. The van der Waals surface area contributed by atoms with Gasteiger partial charge in [0.05, 0.1) is 23.8 Å². The van der Waals surface area contributed by atoms with E-state index in [0.29, 0.717) is 11.1 Å². The summed E-state index contributed by atoms with van der Waals surface area (Å²) < 4.78 is 0. The Labute approximate surface area is 116 Å². The minimum Gasteiger partial charge on any atom is -0.397 e. The van der Waals surface area contributed by atoms with E-state index in [9.17, 15) is 10.1 Å². The van der Waals surface area contributed by atoms with Gasteiger partial charge in [0.15, 0.2) is 0 Å². The van der Waals surface area contributed by atoms with E-state index in [0.717, 1.165) is 0 Å². The van der Waals surface area contributed by atoms with Gasteiger partial charge in [0, 0.05) is 31.6 Å². The lowest BCUT2D eigenvalue weighted by Gasteiger charge is -2.15. The third-order valence-electron chi connectivity index (χ3n) is 2.74. The molecular weight excluding hydrogens is 266 g/mol. The van der Waals surface area contributed by atoms with Gasteiger partial charge in [0.1, 0.15) is 5.69 Å². The number of anilines is 2. The second-order valence-corrected chi connectivity index (χ2v) is 4.03. The molecule has 6 N–H and O–H groups in total. The molecule has 20 heavy (non-hydrogen) atoms. The average molecular weight is 284 g/mol. The van der Waals surface area contributed by atoms with Crippen molar-refractivity contribution >= 4 is 17.1 Å². The maximum absolute atomic E-state index is 11.2. The highest BCUT2D eigenvalue weighted by Crippen LogP contribution is 2.37. The molecule has 0 amide bonds. The lowest BCUT2D eigenvalue weighted by molar-refractivity contribution is -0.384. The SMILES string of the molecule is Nc1c([CH]CO)cc(CCO)c([N+](=O)[O-])c1NCCO. The molecule has 0 bridgehead atoms. The van der Waals surface area contributed by atoms with Gasteiger partial charge in [-0.2, -0.15) is 0 Å². The zero-order chi connectivity index (χ0) is 15.1. The standard InChI is InChI=1S/C12H18N3O5/c13-10-8(1-4-16)7-9(2-5-17)12(15(19)20)11(10)14-3-6-18/h1,7,14,16-18H,2-6,13H2. The van der Waals surface area contributed by atoms with E-state index in [2.05, 4.69) is 5.32 Å². The van der Waals surface area contributed by atoms with Gasteiger partial charge in [0.25, 0.3) is 5.69 Å². The number of benzene rings is 1. The topological polar surface area (TPSA) is 142 Å². The Hall–Kier alpha value is -1.90. The van der Waals surface area contributed by atoms with Gasteiger partial charge in [0.2, 0.25) is 0 Å². The number of rotatable bonds is 8. The second-order valence-electron chi connectivity index (χ2n) is 4.03. The number of nitro groups is 1. The highest BCUT2D eigenvalue weighted by molar-refractivity contribution is 5.82. The van der Waals surface area contributed by atoms with Crippen LogP contribution < -0.4 is 11.1 Å². The van der Waals surface area contributed by atoms with Gasteiger partial charge in [-0.25, -0.2) is 0 Å². The maximum Gasteiger partial charge on any atom is 0.297 e. The summed E-state index contributed by atoms with van der Waals surface area (Å²) in [5.41, 5.74) is 6.61. The molecule has 0 unspecified atom stereocenters. The molecule has 0 atom stereocenters. The molecular formula is C12H18N3O5. The van der Waals surface area contributed by atoms with Crippen LogP contribution in [0.2, 0.25) is 0 Å². The monoisotopic (exact) mass is 284 g/mol. The molecule has 0 saturated carbocycles. The summed E-state index contributed by atoms with van der Waals surface area (Å²) in [7, 11) is 0. The largest absolute Gasteiger partial charge is 0.397 e. The first-order chi connectivity index (χ1) is 9.56. The van der Waals surface area contributed by atoms with Crippen LogP contribution in [0.15, 0.2) is 6.07 Å². The van der Waals surface area contributed by atoms with E-state index in [1.165, 1.54) is 12.5 Å². The van der Waals surface area contributed by atoms with E-state index in [4.69, 9.17) is 21.1 Å². The van der Waals surface area contributed by atoms with Crippen LogP contribution in [-0.4, -0.2) is 46.6 Å². The number of nitro benzene ring substituents is 1. The van der Waals surface area contributed by atoms with Crippen LogP contribution in [0.1, 0.15) is 11.1 Å². The third-order valence-corrected chi connectivity index (χ3v) is 2.74. The van der Waals surface area contributed by atoms with Gasteiger partial charge in [-0.1, -0.05) is 0 Å². The number of aliphatic hydroxyl groups excluding tert-OH is 3. The molecule has 8 heteroatoms. The van der Waals surface area contributed by atoms with Gasteiger partial charge < -0.3 is 26.4 Å². The number of nitrogens with zero attached hydrogens (tertiary/aromatic N) is 1. The highest BCUT2D eigenvalue weighted by atomic mass is 16.6. The Morgan fingerprint density at radius 3 is 2.55 bits per heavy atom. The van der Waals surface area contributed by atoms with Gasteiger partial charge >= 0.3 is 0 Å². The van der Waals surface area contributed by atoms with Gasteiger partial charge in [-0.05, 0) is 11.6 Å². The van der Waals surface area contributed by atoms with Crippen molar-refractivity contribution in [1.29, 1.82) is 0 Å². The number of nitrogens with two attached hydrogens (primary N) is 1. The molecule has 0 aliphatic rings. The molecule has 0 aliphatic carbocycles. The van der Waals surface area contributed by atoms with E-state index >= 15 is 0 Å². The fourth-order valence-electron chi connectivity index (χ4n) is 1.91. The molecule has 0 aromatic heterocycles. The van der Waals surface area contributed by atoms with E-state index in [1.807, 2.05) is 0 Å². The Morgan fingerprint density at radius 2 is 2.05 bits per heavy atom. The Morgan fingerprint density at radius 1 is 1.35 bits per heavy atom. The van der Waals surface area contributed by atoms with Crippen LogP contribution in [0.5, 0.6) is 0 Å². The Kier molecular flexibility index (Phi) is 6.16. The molecule has 0 heterocycles. The summed E-state index contributed by atoms with van der Waals surface area (Å²) in [5, 5.41) is 40.7. The zero-order valence-corrected chi connectivity index (χ0v) is 10.9. The second kappa shape index (κ2) is 7.63. The lowest BCUT2D eigenvalue weighted by Crippen LogP contribution is -2.13. The van der Waals surface area contributed by atoms with Crippen molar-refractivity contribution in [3.8, 4) is 0 Å². The summed E-state index contributed by atoms with van der Waals surface area (Å²) in [6, 6.07) is 1.48. The predicted octanol–water partition coefficient (Wildman–Crippen LogP) is -0.339. The summed E-state index contributed by atoms with van der Waals surface area (Å²) in [4.78, 5) is 10.6. The van der Waals surface area contributed by atoms with E-state index in [1.54, 1.807) is 0 Å². The highest BCUT2D eigenvalue weighted by Gasteiger charge is 2.24. The van der Waals surface area contributed by atoms with Gasteiger partial charge in [-0.3, -0.25) is 10.1 Å². The first kappa shape index (κ1) is 16.2. The lowest BCUT2D eigenvalue weighted by atomic mass is 10.00. The minimum absolute atomic E-state index is 0.0923. The molecule has 0 fully saturated rings. The normalized spacial score (nSPS) is 10.6.